The number of fused-ring (bicyclic) bond motifs is 1. The number of thiazole rings is 1. The van der Waals surface area contributed by atoms with Crippen molar-refractivity contribution in [3.63, 3.8) is 0 Å². The molecule has 0 aliphatic carbocycles. The van der Waals surface area contributed by atoms with Gasteiger partial charge in [-0.15, -0.1) is 0 Å². The Morgan fingerprint density at radius 1 is 1.47 bits per heavy atom. The number of rotatable bonds is 2. The van der Waals surface area contributed by atoms with Gasteiger partial charge in [-0.1, -0.05) is 35.4 Å². The molecule has 1 saturated heterocycles. The minimum atomic E-state index is -0.101. The first kappa shape index (κ1) is 12.8. The van der Waals surface area contributed by atoms with Crippen LogP contribution in [0, 0.1) is 0 Å². The predicted molar refractivity (Wildman–Crippen MR) is 78.9 cm³/mol. The van der Waals surface area contributed by atoms with Crippen molar-refractivity contribution in [2.45, 2.75) is 25.3 Å². The second-order valence-electron chi connectivity index (χ2n) is 4.60. The zero-order valence-electron chi connectivity index (χ0n) is 10.3. The molecule has 1 aliphatic heterocycles. The summed E-state index contributed by atoms with van der Waals surface area (Å²) in [6, 6.07) is 5.54. The molecule has 1 fully saturated rings. The average molecular weight is 296 g/mol. The highest BCUT2D eigenvalue weighted by Crippen LogP contribution is 2.30. The molecule has 0 bridgehead atoms. The number of hydrogen-bond donors (Lipinski definition) is 2. The van der Waals surface area contributed by atoms with Crippen LogP contribution in [-0.2, 0) is 4.79 Å². The van der Waals surface area contributed by atoms with Crippen LogP contribution in [0.25, 0.3) is 10.2 Å². The lowest BCUT2D eigenvalue weighted by atomic mass is 10.0. The van der Waals surface area contributed by atoms with Crippen LogP contribution in [0.5, 0.6) is 0 Å². The molecule has 2 aromatic rings. The molecule has 19 heavy (non-hydrogen) atoms. The molecule has 1 atom stereocenters. The van der Waals surface area contributed by atoms with E-state index in [1.807, 2.05) is 12.1 Å². The van der Waals surface area contributed by atoms with E-state index in [9.17, 15) is 4.79 Å². The normalized spacial score (nSPS) is 19.5. The van der Waals surface area contributed by atoms with E-state index in [1.165, 1.54) is 11.3 Å². The molecule has 0 unspecified atom stereocenters. The van der Waals surface area contributed by atoms with Gasteiger partial charge in [0.25, 0.3) is 0 Å². The molecule has 1 amide bonds. The number of hydrogen-bond acceptors (Lipinski definition) is 4. The first-order valence-electron chi connectivity index (χ1n) is 6.33. The number of carbonyl (C=O) groups is 1. The molecule has 1 aromatic heterocycles. The van der Waals surface area contributed by atoms with E-state index in [0.717, 1.165) is 36.0 Å². The molecule has 2 N–H and O–H groups in total. The van der Waals surface area contributed by atoms with Crippen LogP contribution in [0.3, 0.4) is 0 Å². The summed E-state index contributed by atoms with van der Waals surface area (Å²) < 4.78 is 0.986. The predicted octanol–water partition coefficient (Wildman–Crippen LogP) is 3.03. The standard InChI is InChI=1S/C13H14ClN3OS/c14-8-4-3-6-10-11(8)16-13(19-10)17-12(18)9-5-1-2-7-15-9/h3-4,6,9,15H,1-2,5,7H2,(H,16,17,18)/t9-/m0/s1. The van der Waals surface area contributed by atoms with Gasteiger partial charge < -0.3 is 10.6 Å². The monoisotopic (exact) mass is 295 g/mol. The van der Waals surface area contributed by atoms with Crippen LogP contribution < -0.4 is 10.6 Å². The molecular formula is C13H14ClN3OS. The molecule has 6 heteroatoms. The summed E-state index contributed by atoms with van der Waals surface area (Å²) in [7, 11) is 0. The van der Waals surface area contributed by atoms with Crippen molar-refractivity contribution in [2.24, 2.45) is 0 Å². The van der Waals surface area contributed by atoms with Gasteiger partial charge >= 0.3 is 0 Å². The fraction of sp³-hybridized carbons (Fsp3) is 0.385. The Balaban J connectivity index is 1.77. The molecule has 3 rings (SSSR count). The van der Waals surface area contributed by atoms with Crippen molar-refractivity contribution in [2.75, 3.05) is 11.9 Å². The molecule has 100 valence electrons. The van der Waals surface area contributed by atoms with Crippen LogP contribution in [0.15, 0.2) is 18.2 Å². The zero-order chi connectivity index (χ0) is 13.2. The van der Waals surface area contributed by atoms with E-state index in [0.29, 0.717) is 10.2 Å². The molecular weight excluding hydrogens is 282 g/mol. The number of carbonyl (C=O) groups excluding carboxylic acids is 1. The van der Waals surface area contributed by atoms with Crippen LogP contribution in [-0.4, -0.2) is 23.5 Å². The average Bonchev–Trinajstić information content (AvgIpc) is 2.84. The van der Waals surface area contributed by atoms with Crippen LogP contribution in [0.4, 0.5) is 5.13 Å². The first-order valence-corrected chi connectivity index (χ1v) is 7.53. The lowest BCUT2D eigenvalue weighted by molar-refractivity contribution is -0.118. The number of piperidine rings is 1. The minimum absolute atomic E-state index is 0.00474. The molecule has 0 saturated carbocycles. The number of nitrogens with zero attached hydrogens (tertiary/aromatic N) is 1. The maximum absolute atomic E-state index is 12.1. The number of benzene rings is 1. The van der Waals surface area contributed by atoms with Gasteiger partial charge in [0, 0.05) is 0 Å². The van der Waals surface area contributed by atoms with E-state index in [2.05, 4.69) is 15.6 Å². The lowest BCUT2D eigenvalue weighted by Crippen LogP contribution is -2.43. The number of aromatic nitrogens is 1. The lowest BCUT2D eigenvalue weighted by Gasteiger charge is -2.21. The number of anilines is 1. The highest BCUT2D eigenvalue weighted by atomic mass is 35.5. The Labute approximate surface area is 120 Å². The molecule has 0 radical (unpaired) electrons. The molecule has 1 aromatic carbocycles. The second kappa shape index (κ2) is 5.45. The van der Waals surface area contributed by atoms with Crippen molar-refractivity contribution < 1.29 is 4.79 Å². The quantitative estimate of drug-likeness (QED) is 0.895. The molecule has 2 heterocycles. The Morgan fingerprint density at radius 3 is 3.11 bits per heavy atom. The van der Waals surface area contributed by atoms with Crippen LogP contribution in [0.2, 0.25) is 5.02 Å². The van der Waals surface area contributed by atoms with Crippen molar-refractivity contribution >= 4 is 44.2 Å². The van der Waals surface area contributed by atoms with Gasteiger partial charge in [-0.2, -0.15) is 0 Å². The minimum Gasteiger partial charge on any atom is -0.306 e. The third-order valence-electron chi connectivity index (χ3n) is 3.23. The highest BCUT2D eigenvalue weighted by molar-refractivity contribution is 7.22. The maximum Gasteiger partial charge on any atom is 0.243 e. The third-order valence-corrected chi connectivity index (χ3v) is 4.47. The Morgan fingerprint density at radius 2 is 2.37 bits per heavy atom. The van der Waals surface area contributed by atoms with Gasteiger partial charge in [0.05, 0.1) is 15.8 Å². The van der Waals surface area contributed by atoms with Crippen molar-refractivity contribution in [1.29, 1.82) is 0 Å². The SMILES string of the molecule is O=C(Nc1nc2c(Cl)cccc2s1)[C@@H]1CCCCN1. The van der Waals surface area contributed by atoms with E-state index in [4.69, 9.17) is 11.6 Å². The van der Waals surface area contributed by atoms with Crippen molar-refractivity contribution in [3.05, 3.63) is 23.2 Å². The van der Waals surface area contributed by atoms with Crippen molar-refractivity contribution in [1.82, 2.24) is 10.3 Å². The van der Waals surface area contributed by atoms with E-state index >= 15 is 0 Å². The Hall–Kier alpha value is -1.17. The molecule has 1 aliphatic rings. The summed E-state index contributed by atoms with van der Waals surface area (Å²) in [5.74, 6) is -0.00474. The Kier molecular flexibility index (Phi) is 3.68. The summed E-state index contributed by atoms with van der Waals surface area (Å²) in [6.07, 6.45) is 3.12. The Bertz CT molecular complexity index is 607. The number of amides is 1. The van der Waals surface area contributed by atoms with E-state index < -0.39 is 0 Å². The van der Waals surface area contributed by atoms with Crippen LogP contribution >= 0.6 is 22.9 Å². The van der Waals surface area contributed by atoms with Gasteiger partial charge in [0.15, 0.2) is 5.13 Å². The fourth-order valence-corrected chi connectivity index (χ4v) is 3.41. The first-order chi connectivity index (χ1) is 9.24. The van der Waals surface area contributed by atoms with Gasteiger partial charge in [-0.25, -0.2) is 4.98 Å². The van der Waals surface area contributed by atoms with Crippen LogP contribution in [0.1, 0.15) is 19.3 Å². The van der Waals surface area contributed by atoms with Gasteiger partial charge in [-0.05, 0) is 31.5 Å². The van der Waals surface area contributed by atoms with Gasteiger partial charge in [0.2, 0.25) is 5.91 Å². The van der Waals surface area contributed by atoms with Crippen molar-refractivity contribution in [3.8, 4) is 0 Å². The zero-order valence-corrected chi connectivity index (χ0v) is 11.9. The van der Waals surface area contributed by atoms with Gasteiger partial charge in [0.1, 0.15) is 5.52 Å². The van der Waals surface area contributed by atoms with E-state index in [1.54, 1.807) is 6.07 Å². The third kappa shape index (κ3) is 2.73. The molecule has 0 spiro atoms. The summed E-state index contributed by atoms with van der Waals surface area (Å²) in [5.41, 5.74) is 0.751. The summed E-state index contributed by atoms with van der Waals surface area (Å²) in [4.78, 5) is 16.5. The second-order valence-corrected chi connectivity index (χ2v) is 6.04. The fourth-order valence-electron chi connectivity index (χ4n) is 2.24. The summed E-state index contributed by atoms with van der Waals surface area (Å²) in [6.45, 7) is 0.907. The maximum atomic E-state index is 12.1. The highest BCUT2D eigenvalue weighted by Gasteiger charge is 2.21. The number of nitrogens with one attached hydrogen (secondary N) is 2. The largest absolute Gasteiger partial charge is 0.306 e. The topological polar surface area (TPSA) is 54.0 Å². The number of halogens is 1. The molecule has 4 nitrogen and oxygen atoms in total. The summed E-state index contributed by atoms with van der Waals surface area (Å²) >= 11 is 7.52. The van der Waals surface area contributed by atoms with Gasteiger partial charge in [-0.3, -0.25) is 4.79 Å². The summed E-state index contributed by atoms with van der Waals surface area (Å²) in [5, 5.41) is 7.33. The van der Waals surface area contributed by atoms with E-state index in [-0.39, 0.29) is 11.9 Å². The smallest absolute Gasteiger partial charge is 0.243 e. The number of para-hydroxylation sites is 1.